The number of aliphatic hydroxyl groups excluding tert-OH is 1. The fourth-order valence-electron chi connectivity index (χ4n) is 1.89. The molecule has 76 valence electrons. The number of hydrogen-bond donors (Lipinski definition) is 1. The van der Waals surface area contributed by atoms with E-state index in [2.05, 4.69) is 9.97 Å². The van der Waals surface area contributed by atoms with Gasteiger partial charge in [0.05, 0.1) is 11.8 Å². The van der Waals surface area contributed by atoms with Gasteiger partial charge in [-0.3, -0.25) is 9.97 Å². The largest absolute Gasteiger partial charge is 0.390 e. The molecular weight excluding hydrogens is 183 g/mol. The number of nitrogens with zero attached hydrogens (tertiary/aromatic N) is 2. The molecular formula is C10H13FN2O. The van der Waals surface area contributed by atoms with Crippen LogP contribution in [-0.2, 0) is 0 Å². The Hall–Kier alpha value is -1.03. The Bertz CT molecular complexity index is 293. The van der Waals surface area contributed by atoms with Gasteiger partial charge in [0.25, 0.3) is 0 Å². The van der Waals surface area contributed by atoms with Crippen LogP contribution in [0.15, 0.2) is 18.6 Å². The molecule has 3 nitrogen and oxygen atoms in total. The van der Waals surface area contributed by atoms with Crippen LogP contribution in [0.1, 0.15) is 30.9 Å². The molecule has 1 aromatic heterocycles. The van der Waals surface area contributed by atoms with Gasteiger partial charge in [-0.05, 0) is 19.3 Å². The van der Waals surface area contributed by atoms with E-state index in [1.54, 1.807) is 18.6 Å². The smallest absolute Gasteiger partial charge is 0.127 e. The maximum Gasteiger partial charge on any atom is 0.127 e. The average Bonchev–Trinajstić information content (AvgIpc) is 2.23. The van der Waals surface area contributed by atoms with E-state index in [0.29, 0.717) is 12.8 Å². The monoisotopic (exact) mass is 196 g/mol. The third-order valence-corrected chi connectivity index (χ3v) is 2.74. The van der Waals surface area contributed by atoms with E-state index in [1.807, 2.05) is 0 Å². The molecule has 1 saturated carbocycles. The minimum Gasteiger partial charge on any atom is -0.390 e. The quantitative estimate of drug-likeness (QED) is 0.739. The summed E-state index contributed by atoms with van der Waals surface area (Å²) in [6, 6.07) is 0. The second-order valence-corrected chi connectivity index (χ2v) is 3.72. The first-order valence-electron chi connectivity index (χ1n) is 4.85. The Labute approximate surface area is 82.0 Å². The molecule has 2 rings (SSSR count). The lowest BCUT2D eigenvalue weighted by atomic mass is 9.84. The predicted molar refractivity (Wildman–Crippen MR) is 49.5 cm³/mol. The van der Waals surface area contributed by atoms with E-state index in [-0.39, 0.29) is 5.92 Å². The summed E-state index contributed by atoms with van der Waals surface area (Å²) in [5.74, 6) is 0.113. The molecule has 1 heterocycles. The summed E-state index contributed by atoms with van der Waals surface area (Å²) < 4.78 is 13.2. The van der Waals surface area contributed by atoms with E-state index in [4.69, 9.17) is 0 Å². The van der Waals surface area contributed by atoms with Crippen molar-refractivity contribution in [3.63, 3.8) is 0 Å². The van der Waals surface area contributed by atoms with E-state index in [0.717, 1.165) is 12.1 Å². The number of aliphatic hydroxyl groups is 1. The maximum atomic E-state index is 13.2. The van der Waals surface area contributed by atoms with Crippen LogP contribution in [0.2, 0.25) is 0 Å². The Kier molecular flexibility index (Phi) is 2.72. The van der Waals surface area contributed by atoms with Crippen molar-refractivity contribution in [2.45, 2.75) is 37.5 Å². The first kappa shape index (κ1) is 9.52. The molecule has 1 aromatic rings. The van der Waals surface area contributed by atoms with Gasteiger partial charge in [-0.15, -0.1) is 0 Å². The highest BCUT2D eigenvalue weighted by Crippen LogP contribution is 2.32. The normalized spacial score (nSPS) is 32.9. The Morgan fingerprint density at radius 1 is 1.36 bits per heavy atom. The van der Waals surface area contributed by atoms with Crippen LogP contribution in [0.25, 0.3) is 0 Å². The summed E-state index contributed by atoms with van der Waals surface area (Å²) >= 11 is 0. The lowest BCUT2D eigenvalue weighted by Crippen LogP contribution is -2.29. The molecule has 0 saturated heterocycles. The van der Waals surface area contributed by atoms with Crippen LogP contribution in [-0.4, -0.2) is 27.4 Å². The van der Waals surface area contributed by atoms with Gasteiger partial charge in [-0.2, -0.15) is 0 Å². The van der Waals surface area contributed by atoms with Crippen LogP contribution in [0, 0.1) is 0 Å². The van der Waals surface area contributed by atoms with Crippen LogP contribution in [0.5, 0.6) is 0 Å². The summed E-state index contributed by atoms with van der Waals surface area (Å²) in [5, 5.41) is 9.23. The van der Waals surface area contributed by atoms with Crippen molar-refractivity contribution in [1.82, 2.24) is 9.97 Å². The van der Waals surface area contributed by atoms with Crippen molar-refractivity contribution in [3.8, 4) is 0 Å². The van der Waals surface area contributed by atoms with Gasteiger partial charge in [0.2, 0.25) is 0 Å². The highest BCUT2D eigenvalue weighted by atomic mass is 19.1. The molecule has 0 unspecified atom stereocenters. The highest BCUT2D eigenvalue weighted by Gasteiger charge is 2.30. The van der Waals surface area contributed by atoms with Gasteiger partial charge in [0.15, 0.2) is 0 Å². The lowest BCUT2D eigenvalue weighted by Gasteiger charge is -2.27. The number of alkyl halides is 1. The Morgan fingerprint density at radius 3 is 2.86 bits per heavy atom. The van der Waals surface area contributed by atoms with Gasteiger partial charge in [-0.1, -0.05) is 0 Å². The minimum atomic E-state index is -1.12. The van der Waals surface area contributed by atoms with E-state index in [9.17, 15) is 9.50 Å². The SMILES string of the molecule is O[C@H]1CC[C@H](c2cnccn2)C[C@@H]1F. The first-order valence-corrected chi connectivity index (χ1v) is 4.85. The molecule has 0 aromatic carbocycles. The standard InChI is InChI=1S/C10H13FN2O/c11-8-5-7(1-2-10(8)14)9-6-12-3-4-13-9/h3-4,6-8,10,14H,1-2,5H2/t7-,8-,10-/m0/s1. The van der Waals surface area contributed by atoms with Crippen molar-refractivity contribution in [2.24, 2.45) is 0 Å². The average molecular weight is 196 g/mol. The zero-order valence-electron chi connectivity index (χ0n) is 7.81. The molecule has 1 aliphatic carbocycles. The second-order valence-electron chi connectivity index (χ2n) is 3.72. The van der Waals surface area contributed by atoms with E-state index < -0.39 is 12.3 Å². The number of halogens is 1. The van der Waals surface area contributed by atoms with Gasteiger partial charge in [0, 0.05) is 24.5 Å². The molecule has 0 spiro atoms. The molecule has 14 heavy (non-hydrogen) atoms. The molecule has 4 heteroatoms. The fourth-order valence-corrected chi connectivity index (χ4v) is 1.89. The zero-order valence-corrected chi connectivity index (χ0v) is 7.81. The number of hydrogen-bond acceptors (Lipinski definition) is 3. The van der Waals surface area contributed by atoms with Crippen molar-refractivity contribution < 1.29 is 9.50 Å². The van der Waals surface area contributed by atoms with Crippen LogP contribution < -0.4 is 0 Å². The Balaban J connectivity index is 2.07. The van der Waals surface area contributed by atoms with Crippen molar-refractivity contribution in [2.75, 3.05) is 0 Å². The summed E-state index contributed by atoms with van der Waals surface area (Å²) in [4.78, 5) is 8.11. The minimum absolute atomic E-state index is 0.113. The topological polar surface area (TPSA) is 46.0 Å². The summed E-state index contributed by atoms with van der Waals surface area (Å²) in [7, 11) is 0. The fraction of sp³-hybridized carbons (Fsp3) is 0.600. The van der Waals surface area contributed by atoms with Crippen molar-refractivity contribution >= 4 is 0 Å². The number of rotatable bonds is 1. The van der Waals surface area contributed by atoms with Gasteiger partial charge in [0.1, 0.15) is 6.17 Å². The van der Waals surface area contributed by atoms with Crippen LogP contribution >= 0.6 is 0 Å². The molecule has 0 bridgehead atoms. The molecule has 1 aliphatic rings. The van der Waals surface area contributed by atoms with Crippen molar-refractivity contribution in [1.29, 1.82) is 0 Å². The summed E-state index contributed by atoms with van der Waals surface area (Å²) in [6.07, 6.45) is 4.66. The van der Waals surface area contributed by atoms with Crippen molar-refractivity contribution in [3.05, 3.63) is 24.3 Å². The summed E-state index contributed by atoms with van der Waals surface area (Å²) in [6.45, 7) is 0. The maximum absolute atomic E-state index is 13.2. The molecule has 1 fully saturated rings. The molecule has 0 aliphatic heterocycles. The Morgan fingerprint density at radius 2 is 2.21 bits per heavy atom. The third-order valence-electron chi connectivity index (χ3n) is 2.74. The molecule has 0 radical (unpaired) electrons. The first-order chi connectivity index (χ1) is 6.77. The summed E-state index contributed by atoms with van der Waals surface area (Å²) in [5.41, 5.74) is 0.835. The van der Waals surface area contributed by atoms with E-state index in [1.165, 1.54) is 0 Å². The van der Waals surface area contributed by atoms with Crippen LogP contribution in [0.4, 0.5) is 4.39 Å². The van der Waals surface area contributed by atoms with Crippen LogP contribution in [0.3, 0.4) is 0 Å². The second kappa shape index (κ2) is 4.00. The van der Waals surface area contributed by atoms with Gasteiger partial charge in [-0.25, -0.2) is 4.39 Å². The number of aromatic nitrogens is 2. The third kappa shape index (κ3) is 1.90. The molecule has 1 N–H and O–H groups in total. The molecule has 3 atom stereocenters. The van der Waals surface area contributed by atoms with Gasteiger partial charge < -0.3 is 5.11 Å². The highest BCUT2D eigenvalue weighted by molar-refractivity contribution is 5.06. The predicted octanol–water partition coefficient (Wildman–Crippen LogP) is 1.44. The zero-order chi connectivity index (χ0) is 9.97. The van der Waals surface area contributed by atoms with Gasteiger partial charge >= 0.3 is 0 Å². The van der Waals surface area contributed by atoms with E-state index >= 15 is 0 Å². The molecule has 0 amide bonds. The lowest BCUT2D eigenvalue weighted by molar-refractivity contribution is 0.0363.